The van der Waals surface area contributed by atoms with Gasteiger partial charge in [0.2, 0.25) is 0 Å². The number of carbonyl (C=O) groups is 1. The Morgan fingerprint density at radius 1 is 1.16 bits per heavy atom. The second-order valence-corrected chi connectivity index (χ2v) is 4.90. The van der Waals surface area contributed by atoms with E-state index < -0.39 is 0 Å². The zero-order valence-corrected chi connectivity index (χ0v) is 12.0. The van der Waals surface area contributed by atoms with Gasteiger partial charge in [-0.05, 0) is 43.7 Å². The quantitative estimate of drug-likeness (QED) is 0.838. The van der Waals surface area contributed by atoms with Gasteiger partial charge in [0.05, 0.1) is 0 Å². The maximum atomic E-state index is 12.6. The molecule has 1 amide bonds. The molecular weight excluding hydrogens is 254 g/mol. The Hall–Kier alpha value is -1.74. The van der Waals surface area contributed by atoms with Gasteiger partial charge in [-0.1, -0.05) is 24.3 Å². The summed E-state index contributed by atoms with van der Waals surface area (Å²) in [6, 6.07) is 15.4. The number of thiol groups is 1. The highest BCUT2D eigenvalue weighted by Gasteiger charge is 2.17. The van der Waals surface area contributed by atoms with Crippen LogP contribution in [0.4, 0.5) is 5.69 Å². The Morgan fingerprint density at radius 2 is 1.84 bits per heavy atom. The van der Waals surface area contributed by atoms with E-state index in [2.05, 4.69) is 12.6 Å². The molecule has 0 aliphatic carbocycles. The van der Waals surface area contributed by atoms with Crippen LogP contribution in [0.25, 0.3) is 0 Å². The number of aryl methyl sites for hydroxylation is 1. The fraction of sp³-hybridized carbons (Fsp3) is 0.188. The van der Waals surface area contributed by atoms with Crippen molar-refractivity contribution >= 4 is 24.2 Å². The van der Waals surface area contributed by atoms with Crippen LogP contribution in [-0.4, -0.2) is 12.5 Å². The summed E-state index contributed by atoms with van der Waals surface area (Å²) in [7, 11) is 0. The number of nitrogens with zero attached hydrogens (tertiary/aromatic N) is 1. The predicted octanol–water partition coefficient (Wildman–Crippen LogP) is 3.95. The van der Waals surface area contributed by atoms with Gasteiger partial charge < -0.3 is 4.90 Å². The minimum Gasteiger partial charge on any atom is -0.309 e. The zero-order valence-electron chi connectivity index (χ0n) is 11.1. The van der Waals surface area contributed by atoms with Gasteiger partial charge in [-0.2, -0.15) is 0 Å². The van der Waals surface area contributed by atoms with Crippen molar-refractivity contribution in [2.75, 3.05) is 11.4 Å². The lowest BCUT2D eigenvalue weighted by molar-refractivity contribution is 0.0987. The van der Waals surface area contributed by atoms with Crippen LogP contribution in [0.15, 0.2) is 53.4 Å². The van der Waals surface area contributed by atoms with E-state index in [4.69, 9.17) is 0 Å². The lowest BCUT2D eigenvalue weighted by atomic mass is 10.1. The molecule has 0 saturated carbocycles. The van der Waals surface area contributed by atoms with Gasteiger partial charge in [0, 0.05) is 22.7 Å². The lowest BCUT2D eigenvalue weighted by Crippen LogP contribution is -2.31. The van der Waals surface area contributed by atoms with Crippen LogP contribution in [0, 0.1) is 6.92 Å². The van der Waals surface area contributed by atoms with Crippen molar-refractivity contribution in [3.8, 4) is 0 Å². The number of carbonyl (C=O) groups excluding carboxylic acids is 1. The molecule has 0 aliphatic heterocycles. The van der Waals surface area contributed by atoms with Crippen molar-refractivity contribution < 1.29 is 4.79 Å². The zero-order chi connectivity index (χ0) is 13.8. The van der Waals surface area contributed by atoms with Crippen LogP contribution in [0.3, 0.4) is 0 Å². The van der Waals surface area contributed by atoms with Crippen LogP contribution in [0.5, 0.6) is 0 Å². The molecule has 0 spiro atoms. The van der Waals surface area contributed by atoms with E-state index in [1.54, 1.807) is 4.90 Å². The molecule has 0 fully saturated rings. The first kappa shape index (κ1) is 13.7. The first-order valence-electron chi connectivity index (χ1n) is 6.30. The van der Waals surface area contributed by atoms with Gasteiger partial charge in [0.1, 0.15) is 0 Å². The number of amides is 1. The molecule has 98 valence electrons. The molecule has 0 radical (unpaired) electrons. The van der Waals surface area contributed by atoms with E-state index in [-0.39, 0.29) is 5.91 Å². The maximum absolute atomic E-state index is 12.6. The van der Waals surface area contributed by atoms with Crippen LogP contribution < -0.4 is 4.90 Å². The van der Waals surface area contributed by atoms with Crippen LogP contribution in [-0.2, 0) is 0 Å². The topological polar surface area (TPSA) is 20.3 Å². The number of hydrogen-bond acceptors (Lipinski definition) is 2. The number of para-hydroxylation sites is 1. The standard InChI is InChI=1S/C16H17NOS/c1-3-17(13-7-5-4-6-8-13)16(18)15-11-14(19)10-9-12(15)2/h4-11,19H,3H2,1-2H3. The van der Waals surface area contributed by atoms with Gasteiger partial charge >= 0.3 is 0 Å². The minimum absolute atomic E-state index is 0.0158. The lowest BCUT2D eigenvalue weighted by Gasteiger charge is -2.22. The van der Waals surface area contributed by atoms with E-state index in [1.807, 2.05) is 62.4 Å². The van der Waals surface area contributed by atoms with Gasteiger partial charge in [-0.15, -0.1) is 12.6 Å². The maximum Gasteiger partial charge on any atom is 0.258 e. The van der Waals surface area contributed by atoms with Gasteiger partial charge in [-0.25, -0.2) is 0 Å². The van der Waals surface area contributed by atoms with E-state index in [9.17, 15) is 4.79 Å². The molecule has 0 bridgehead atoms. The molecule has 0 aromatic heterocycles. The summed E-state index contributed by atoms with van der Waals surface area (Å²) in [6.07, 6.45) is 0. The molecule has 3 heteroatoms. The molecule has 0 atom stereocenters. The molecule has 0 saturated heterocycles. The third-order valence-corrected chi connectivity index (χ3v) is 3.36. The third-order valence-electron chi connectivity index (χ3n) is 3.08. The second kappa shape index (κ2) is 5.93. The Kier molecular flexibility index (Phi) is 4.27. The summed E-state index contributed by atoms with van der Waals surface area (Å²) in [5.41, 5.74) is 2.59. The smallest absolute Gasteiger partial charge is 0.258 e. The fourth-order valence-corrected chi connectivity index (χ4v) is 2.24. The molecule has 0 unspecified atom stereocenters. The van der Waals surface area contributed by atoms with Crippen molar-refractivity contribution in [3.63, 3.8) is 0 Å². The Balaban J connectivity index is 2.39. The van der Waals surface area contributed by atoms with E-state index in [0.717, 1.165) is 16.1 Å². The van der Waals surface area contributed by atoms with Crippen molar-refractivity contribution in [3.05, 3.63) is 59.7 Å². The summed E-state index contributed by atoms with van der Waals surface area (Å²) in [5.74, 6) is 0.0158. The highest BCUT2D eigenvalue weighted by molar-refractivity contribution is 7.80. The molecule has 0 aliphatic rings. The fourth-order valence-electron chi connectivity index (χ4n) is 2.04. The summed E-state index contributed by atoms with van der Waals surface area (Å²) >= 11 is 4.31. The molecule has 2 aromatic rings. The molecule has 2 nitrogen and oxygen atoms in total. The molecule has 2 rings (SSSR count). The first-order chi connectivity index (χ1) is 9.13. The summed E-state index contributed by atoms with van der Waals surface area (Å²) in [6.45, 7) is 4.56. The van der Waals surface area contributed by atoms with E-state index in [1.165, 1.54) is 0 Å². The van der Waals surface area contributed by atoms with Crippen LogP contribution >= 0.6 is 12.6 Å². The monoisotopic (exact) mass is 271 g/mol. The van der Waals surface area contributed by atoms with Gasteiger partial charge in [-0.3, -0.25) is 4.79 Å². The number of rotatable bonds is 3. The number of hydrogen-bond donors (Lipinski definition) is 1. The van der Waals surface area contributed by atoms with E-state index in [0.29, 0.717) is 12.1 Å². The Bertz CT molecular complexity index is 581. The summed E-state index contributed by atoms with van der Waals surface area (Å²) in [4.78, 5) is 15.2. The first-order valence-corrected chi connectivity index (χ1v) is 6.74. The third kappa shape index (κ3) is 2.99. The van der Waals surface area contributed by atoms with Crippen molar-refractivity contribution in [1.29, 1.82) is 0 Å². The molecule has 0 N–H and O–H groups in total. The highest BCUT2D eigenvalue weighted by atomic mass is 32.1. The highest BCUT2D eigenvalue weighted by Crippen LogP contribution is 2.20. The molecular formula is C16H17NOS. The SMILES string of the molecule is CCN(C(=O)c1cc(S)ccc1C)c1ccccc1. The average molecular weight is 271 g/mol. The number of benzene rings is 2. The molecule has 0 heterocycles. The normalized spacial score (nSPS) is 10.3. The van der Waals surface area contributed by atoms with E-state index >= 15 is 0 Å². The second-order valence-electron chi connectivity index (χ2n) is 4.38. The van der Waals surface area contributed by atoms with Crippen molar-refractivity contribution in [2.24, 2.45) is 0 Å². The predicted molar refractivity (Wildman–Crippen MR) is 82.2 cm³/mol. The van der Waals surface area contributed by atoms with Gasteiger partial charge in [0.15, 0.2) is 0 Å². The minimum atomic E-state index is 0.0158. The van der Waals surface area contributed by atoms with Crippen molar-refractivity contribution in [2.45, 2.75) is 18.7 Å². The molecule has 19 heavy (non-hydrogen) atoms. The average Bonchev–Trinajstić information content (AvgIpc) is 2.43. The Morgan fingerprint density at radius 3 is 2.47 bits per heavy atom. The summed E-state index contributed by atoms with van der Waals surface area (Å²) in [5, 5.41) is 0. The van der Waals surface area contributed by atoms with Crippen LogP contribution in [0.1, 0.15) is 22.8 Å². The number of anilines is 1. The summed E-state index contributed by atoms with van der Waals surface area (Å²) < 4.78 is 0. The molecule has 2 aromatic carbocycles. The van der Waals surface area contributed by atoms with Crippen LogP contribution in [0.2, 0.25) is 0 Å². The van der Waals surface area contributed by atoms with Gasteiger partial charge in [0.25, 0.3) is 5.91 Å². The van der Waals surface area contributed by atoms with Crippen molar-refractivity contribution in [1.82, 2.24) is 0 Å². The largest absolute Gasteiger partial charge is 0.309 e. The Labute approximate surface area is 119 Å².